The van der Waals surface area contributed by atoms with E-state index in [0.717, 1.165) is 11.6 Å². The van der Waals surface area contributed by atoms with Crippen LogP contribution in [-0.2, 0) is 6.54 Å². The first-order chi connectivity index (χ1) is 9.47. The lowest BCUT2D eigenvalue weighted by atomic mass is 10.1. The van der Waals surface area contributed by atoms with Crippen LogP contribution in [0.3, 0.4) is 0 Å². The molecule has 20 heavy (non-hydrogen) atoms. The summed E-state index contributed by atoms with van der Waals surface area (Å²) in [5.41, 5.74) is 1.55. The van der Waals surface area contributed by atoms with Gasteiger partial charge in [0.2, 0.25) is 0 Å². The van der Waals surface area contributed by atoms with Crippen molar-refractivity contribution in [2.24, 2.45) is 0 Å². The molecule has 0 radical (unpaired) electrons. The van der Waals surface area contributed by atoms with Crippen LogP contribution in [0.15, 0.2) is 36.4 Å². The monoisotopic (exact) mass is 297 g/mol. The number of halogens is 3. The molecule has 0 fully saturated rings. The zero-order valence-corrected chi connectivity index (χ0v) is 11.6. The van der Waals surface area contributed by atoms with Crippen molar-refractivity contribution in [2.75, 3.05) is 0 Å². The number of hydrogen-bond acceptors (Lipinski definition) is 2. The van der Waals surface area contributed by atoms with Crippen molar-refractivity contribution in [3.8, 4) is 5.75 Å². The van der Waals surface area contributed by atoms with Gasteiger partial charge >= 0.3 is 0 Å². The minimum atomic E-state index is -0.858. The predicted octanol–water partition coefficient (Wildman–Crippen LogP) is 4.17. The fraction of sp³-hybridized carbons (Fsp3) is 0.200. The second-order valence-electron chi connectivity index (χ2n) is 4.56. The van der Waals surface area contributed by atoms with E-state index in [1.807, 2.05) is 6.92 Å². The topological polar surface area (TPSA) is 32.3 Å². The van der Waals surface area contributed by atoms with Gasteiger partial charge in [-0.15, -0.1) is 0 Å². The lowest BCUT2D eigenvalue weighted by molar-refractivity contribution is 0.475. The van der Waals surface area contributed by atoms with Crippen LogP contribution in [0.5, 0.6) is 5.75 Å². The Morgan fingerprint density at radius 2 is 1.90 bits per heavy atom. The van der Waals surface area contributed by atoms with E-state index < -0.39 is 11.6 Å². The number of aromatic hydroxyl groups is 1. The van der Waals surface area contributed by atoms with E-state index in [1.54, 1.807) is 18.2 Å². The highest BCUT2D eigenvalue weighted by Gasteiger charge is 2.09. The largest absolute Gasteiger partial charge is 0.506 e. The van der Waals surface area contributed by atoms with Gasteiger partial charge < -0.3 is 10.4 Å². The Kier molecular flexibility index (Phi) is 4.57. The lowest BCUT2D eigenvalue weighted by Gasteiger charge is -2.15. The Bertz CT molecular complexity index is 619. The molecule has 0 aliphatic heterocycles. The average molecular weight is 298 g/mol. The van der Waals surface area contributed by atoms with Gasteiger partial charge in [0.1, 0.15) is 5.75 Å². The first kappa shape index (κ1) is 14.8. The normalized spacial score (nSPS) is 12.4. The van der Waals surface area contributed by atoms with Gasteiger partial charge in [0.25, 0.3) is 0 Å². The maximum absolute atomic E-state index is 13.2. The van der Waals surface area contributed by atoms with Gasteiger partial charge in [-0.3, -0.25) is 0 Å². The number of nitrogens with one attached hydrogen (secondary N) is 1. The second-order valence-corrected chi connectivity index (χ2v) is 4.97. The number of benzene rings is 2. The zero-order valence-electron chi connectivity index (χ0n) is 10.8. The molecule has 2 aromatic carbocycles. The zero-order chi connectivity index (χ0) is 14.7. The van der Waals surface area contributed by atoms with Crippen molar-refractivity contribution in [3.05, 3.63) is 64.2 Å². The summed E-state index contributed by atoms with van der Waals surface area (Å²) in [6.07, 6.45) is 0. The summed E-state index contributed by atoms with van der Waals surface area (Å²) >= 11 is 5.82. The molecule has 106 valence electrons. The fourth-order valence-corrected chi connectivity index (χ4v) is 2.03. The maximum atomic E-state index is 13.2. The molecule has 0 heterocycles. The Morgan fingerprint density at radius 3 is 2.55 bits per heavy atom. The molecule has 0 spiro atoms. The summed E-state index contributed by atoms with van der Waals surface area (Å²) < 4.78 is 26.0. The highest BCUT2D eigenvalue weighted by molar-refractivity contribution is 6.32. The molecule has 0 saturated carbocycles. The molecule has 2 rings (SSSR count). The standard InChI is InChI=1S/C15H14ClF2NO/c1-9(11-3-4-13(17)14(18)7-11)19-8-10-2-5-15(20)12(16)6-10/h2-7,9,19-20H,8H2,1H3. The molecular formula is C15H14ClF2NO. The molecular weight excluding hydrogens is 284 g/mol. The third kappa shape index (κ3) is 3.46. The Labute approximate surface area is 121 Å². The molecule has 0 aliphatic rings. The van der Waals surface area contributed by atoms with Crippen molar-refractivity contribution in [1.29, 1.82) is 0 Å². The van der Waals surface area contributed by atoms with Crippen LogP contribution in [0.4, 0.5) is 8.78 Å². The molecule has 2 nitrogen and oxygen atoms in total. The first-order valence-electron chi connectivity index (χ1n) is 6.13. The highest BCUT2D eigenvalue weighted by Crippen LogP contribution is 2.24. The minimum Gasteiger partial charge on any atom is -0.506 e. The van der Waals surface area contributed by atoms with Gasteiger partial charge in [-0.05, 0) is 42.3 Å². The van der Waals surface area contributed by atoms with E-state index in [4.69, 9.17) is 11.6 Å². The van der Waals surface area contributed by atoms with Gasteiger partial charge in [0.15, 0.2) is 11.6 Å². The predicted molar refractivity (Wildman–Crippen MR) is 74.7 cm³/mol. The third-order valence-electron chi connectivity index (χ3n) is 3.07. The summed E-state index contributed by atoms with van der Waals surface area (Å²) in [7, 11) is 0. The third-order valence-corrected chi connectivity index (χ3v) is 3.37. The SMILES string of the molecule is CC(NCc1ccc(O)c(Cl)c1)c1ccc(F)c(F)c1. The van der Waals surface area contributed by atoms with Crippen LogP contribution < -0.4 is 5.32 Å². The molecule has 0 saturated heterocycles. The number of phenolic OH excluding ortho intramolecular Hbond substituents is 1. The van der Waals surface area contributed by atoms with Crippen LogP contribution in [-0.4, -0.2) is 5.11 Å². The van der Waals surface area contributed by atoms with Crippen molar-refractivity contribution < 1.29 is 13.9 Å². The molecule has 0 aromatic heterocycles. The van der Waals surface area contributed by atoms with Crippen LogP contribution in [0.1, 0.15) is 24.1 Å². The van der Waals surface area contributed by atoms with Gasteiger partial charge in [0.05, 0.1) is 5.02 Å². The Morgan fingerprint density at radius 1 is 1.15 bits per heavy atom. The van der Waals surface area contributed by atoms with Crippen LogP contribution in [0, 0.1) is 11.6 Å². The van der Waals surface area contributed by atoms with Crippen molar-refractivity contribution in [1.82, 2.24) is 5.32 Å². The minimum absolute atomic E-state index is 0.0315. The Hall–Kier alpha value is -1.65. The second kappa shape index (κ2) is 6.20. The molecule has 1 atom stereocenters. The van der Waals surface area contributed by atoms with Crippen molar-refractivity contribution >= 4 is 11.6 Å². The summed E-state index contributed by atoms with van der Waals surface area (Å²) in [4.78, 5) is 0. The van der Waals surface area contributed by atoms with E-state index in [2.05, 4.69) is 5.32 Å². The molecule has 2 aromatic rings. The molecule has 2 N–H and O–H groups in total. The van der Waals surface area contributed by atoms with Crippen LogP contribution >= 0.6 is 11.6 Å². The van der Waals surface area contributed by atoms with Gasteiger partial charge in [-0.2, -0.15) is 0 Å². The van der Waals surface area contributed by atoms with Crippen molar-refractivity contribution in [3.63, 3.8) is 0 Å². The summed E-state index contributed by atoms with van der Waals surface area (Å²) in [5, 5.41) is 12.8. The van der Waals surface area contributed by atoms with Crippen molar-refractivity contribution in [2.45, 2.75) is 19.5 Å². The highest BCUT2D eigenvalue weighted by atomic mass is 35.5. The molecule has 5 heteroatoms. The average Bonchev–Trinajstić information content (AvgIpc) is 2.43. The van der Waals surface area contributed by atoms with E-state index >= 15 is 0 Å². The summed E-state index contributed by atoms with van der Waals surface area (Å²) in [6, 6.07) is 8.60. The van der Waals surface area contributed by atoms with Crippen LogP contribution in [0.25, 0.3) is 0 Å². The lowest BCUT2D eigenvalue weighted by Crippen LogP contribution is -2.18. The summed E-state index contributed by atoms with van der Waals surface area (Å²) in [6.45, 7) is 2.36. The summed E-state index contributed by atoms with van der Waals surface area (Å²) in [5.74, 6) is -1.68. The maximum Gasteiger partial charge on any atom is 0.159 e. The van der Waals surface area contributed by atoms with Gasteiger partial charge in [-0.25, -0.2) is 8.78 Å². The van der Waals surface area contributed by atoms with Gasteiger partial charge in [-0.1, -0.05) is 23.7 Å². The molecule has 0 amide bonds. The molecule has 0 aliphatic carbocycles. The number of rotatable bonds is 4. The van der Waals surface area contributed by atoms with E-state index in [9.17, 15) is 13.9 Å². The molecule has 1 unspecified atom stereocenters. The smallest absolute Gasteiger partial charge is 0.159 e. The number of phenols is 1. The Balaban J connectivity index is 2.02. The van der Waals surface area contributed by atoms with E-state index in [-0.39, 0.29) is 16.8 Å². The molecule has 0 bridgehead atoms. The first-order valence-corrected chi connectivity index (χ1v) is 6.51. The van der Waals surface area contributed by atoms with Crippen LogP contribution in [0.2, 0.25) is 5.02 Å². The van der Waals surface area contributed by atoms with Gasteiger partial charge in [0, 0.05) is 12.6 Å². The van der Waals surface area contributed by atoms with E-state index in [1.165, 1.54) is 12.1 Å². The number of hydrogen-bond donors (Lipinski definition) is 2. The quantitative estimate of drug-likeness (QED) is 0.887. The van der Waals surface area contributed by atoms with E-state index in [0.29, 0.717) is 12.1 Å². The fourth-order valence-electron chi connectivity index (χ4n) is 1.83.